The highest BCUT2D eigenvalue weighted by molar-refractivity contribution is 5.91. The van der Waals surface area contributed by atoms with Crippen molar-refractivity contribution in [1.29, 1.82) is 0 Å². The maximum Gasteiger partial charge on any atom is 0.155 e. The van der Waals surface area contributed by atoms with Crippen LogP contribution in [-0.2, 0) is 10.4 Å². The third-order valence-electron chi connectivity index (χ3n) is 9.77. The normalized spacial score (nSPS) is 43.1. The molecule has 2 N–H and O–H groups in total. The van der Waals surface area contributed by atoms with Gasteiger partial charge in [-0.2, -0.15) is 0 Å². The van der Waals surface area contributed by atoms with Crippen LogP contribution in [0.1, 0.15) is 64.5 Å². The van der Waals surface area contributed by atoms with Crippen LogP contribution in [0.15, 0.2) is 42.0 Å². The largest absolute Gasteiger partial charge is 0.383 e. The van der Waals surface area contributed by atoms with Gasteiger partial charge >= 0.3 is 0 Å². The molecule has 4 aliphatic rings. The molecule has 158 valence electrons. The highest BCUT2D eigenvalue weighted by atomic mass is 16.3. The van der Waals surface area contributed by atoms with Gasteiger partial charge in [0, 0.05) is 23.0 Å². The maximum atomic E-state index is 12.2. The summed E-state index contributed by atoms with van der Waals surface area (Å²) in [7, 11) is 0. The van der Waals surface area contributed by atoms with E-state index in [1.807, 2.05) is 6.08 Å². The van der Waals surface area contributed by atoms with Gasteiger partial charge in [-0.3, -0.25) is 4.79 Å². The average molecular weight is 404 g/mol. The Morgan fingerprint density at radius 1 is 1.13 bits per heavy atom. The number of para-hydroxylation sites is 1. The van der Waals surface area contributed by atoms with Crippen LogP contribution in [0.5, 0.6) is 0 Å². The summed E-state index contributed by atoms with van der Waals surface area (Å²) in [6.45, 7) is 4.77. The van der Waals surface area contributed by atoms with Crippen LogP contribution >= 0.6 is 0 Å². The first kappa shape index (κ1) is 18.9. The van der Waals surface area contributed by atoms with Gasteiger partial charge in [0.05, 0.1) is 0 Å². The van der Waals surface area contributed by atoms with Crippen molar-refractivity contribution in [2.45, 2.75) is 64.4 Å². The fourth-order valence-corrected chi connectivity index (χ4v) is 8.34. The molecule has 1 aromatic carbocycles. The van der Waals surface area contributed by atoms with Crippen molar-refractivity contribution >= 4 is 16.7 Å². The zero-order valence-electron chi connectivity index (χ0n) is 18.2. The highest BCUT2D eigenvalue weighted by Crippen LogP contribution is 2.68. The summed E-state index contributed by atoms with van der Waals surface area (Å²) in [4.78, 5) is 15.6. The molecule has 1 aromatic heterocycles. The van der Waals surface area contributed by atoms with Gasteiger partial charge in [-0.05, 0) is 91.7 Å². The van der Waals surface area contributed by atoms with Crippen molar-refractivity contribution in [3.8, 4) is 0 Å². The smallest absolute Gasteiger partial charge is 0.155 e. The molecule has 3 nitrogen and oxygen atoms in total. The molecule has 3 saturated carbocycles. The van der Waals surface area contributed by atoms with E-state index in [0.717, 1.165) is 49.7 Å². The minimum atomic E-state index is -0.778. The Hall–Kier alpha value is -1.87. The van der Waals surface area contributed by atoms with Gasteiger partial charge in [0.25, 0.3) is 0 Å². The molecule has 1 unspecified atom stereocenters. The third-order valence-corrected chi connectivity index (χ3v) is 9.77. The SMILES string of the molecule is C[C@H]1CC2=CC(=O)CC[C@@H]2[C@@H]2CC[C@@]3(C)[C@H](CCC3(O)c3cc4ccccc4[nH]3)[C@@H]21. The average Bonchev–Trinajstić information content (AvgIpc) is 3.28. The molecule has 0 amide bonds. The lowest BCUT2D eigenvalue weighted by atomic mass is 9.48. The third kappa shape index (κ3) is 2.39. The van der Waals surface area contributed by atoms with Crippen molar-refractivity contribution in [1.82, 2.24) is 4.98 Å². The molecule has 7 atom stereocenters. The predicted octanol–water partition coefficient (Wildman–Crippen LogP) is 5.74. The number of rotatable bonds is 1. The summed E-state index contributed by atoms with van der Waals surface area (Å²) in [5.41, 5.74) is 2.70. The van der Waals surface area contributed by atoms with Crippen molar-refractivity contribution < 1.29 is 9.90 Å². The fraction of sp³-hybridized carbons (Fsp3) is 0.593. The molecule has 4 aliphatic carbocycles. The van der Waals surface area contributed by atoms with Gasteiger partial charge < -0.3 is 10.1 Å². The standard InChI is InChI=1S/C27H33NO2/c1-16-13-18-14-19(29)7-8-20(18)21-9-11-26(2)22(25(16)21)10-12-27(26,30)24-15-17-5-3-4-6-23(17)28-24/h3-6,14-16,20-22,25,28,30H,7-13H2,1-2H3/t16-,20-,21-,22+,25+,26-,27?/m0/s1. The lowest BCUT2D eigenvalue weighted by molar-refractivity contribution is -0.134. The Morgan fingerprint density at radius 2 is 1.97 bits per heavy atom. The molecule has 6 rings (SSSR count). The zero-order chi connectivity index (χ0) is 20.7. The number of allylic oxidation sites excluding steroid dienone is 1. The molecule has 3 heteroatoms. The molecule has 0 bridgehead atoms. The molecule has 30 heavy (non-hydrogen) atoms. The first-order chi connectivity index (χ1) is 14.4. The van der Waals surface area contributed by atoms with Gasteiger partial charge in [0.2, 0.25) is 0 Å². The van der Waals surface area contributed by atoms with Crippen LogP contribution in [0.4, 0.5) is 0 Å². The Bertz CT molecular complexity index is 1020. The second-order valence-electron chi connectivity index (χ2n) is 11.0. The van der Waals surface area contributed by atoms with E-state index in [-0.39, 0.29) is 5.41 Å². The van der Waals surface area contributed by atoms with Gasteiger partial charge in [-0.15, -0.1) is 0 Å². The Kier molecular flexibility index (Phi) is 3.98. The number of aromatic nitrogens is 1. The van der Waals surface area contributed by atoms with Crippen LogP contribution in [0.3, 0.4) is 0 Å². The Labute approximate surface area is 178 Å². The molecular formula is C27H33NO2. The van der Waals surface area contributed by atoms with Gasteiger partial charge in [-0.1, -0.05) is 37.6 Å². The first-order valence-corrected chi connectivity index (χ1v) is 11.9. The lowest BCUT2D eigenvalue weighted by Gasteiger charge is -2.57. The van der Waals surface area contributed by atoms with Crippen LogP contribution < -0.4 is 0 Å². The minimum Gasteiger partial charge on any atom is -0.383 e. The number of aromatic amines is 1. The van der Waals surface area contributed by atoms with E-state index < -0.39 is 5.60 Å². The predicted molar refractivity (Wildman–Crippen MR) is 119 cm³/mol. The van der Waals surface area contributed by atoms with Crippen LogP contribution in [0, 0.1) is 35.0 Å². The molecule has 2 aromatic rings. The number of hydrogen-bond acceptors (Lipinski definition) is 2. The minimum absolute atomic E-state index is 0.0883. The Morgan fingerprint density at radius 3 is 2.80 bits per heavy atom. The van der Waals surface area contributed by atoms with Crippen LogP contribution in [-0.4, -0.2) is 15.9 Å². The number of aliphatic hydroxyl groups is 1. The molecular weight excluding hydrogens is 370 g/mol. The number of benzene rings is 1. The molecule has 3 fully saturated rings. The Balaban J connectivity index is 1.38. The lowest BCUT2D eigenvalue weighted by Crippen LogP contribution is -2.53. The first-order valence-electron chi connectivity index (χ1n) is 11.9. The zero-order valence-corrected chi connectivity index (χ0v) is 18.2. The topological polar surface area (TPSA) is 53.1 Å². The summed E-state index contributed by atoms with van der Waals surface area (Å²) in [5.74, 6) is 3.45. The van der Waals surface area contributed by atoms with Crippen molar-refractivity contribution in [2.24, 2.45) is 35.0 Å². The molecule has 0 spiro atoms. The van der Waals surface area contributed by atoms with E-state index in [4.69, 9.17) is 0 Å². The van der Waals surface area contributed by atoms with E-state index in [2.05, 4.69) is 49.2 Å². The number of carbonyl (C=O) groups is 1. The van der Waals surface area contributed by atoms with E-state index >= 15 is 0 Å². The summed E-state index contributed by atoms with van der Waals surface area (Å²) >= 11 is 0. The number of ketones is 1. The van der Waals surface area contributed by atoms with Crippen molar-refractivity contribution in [2.75, 3.05) is 0 Å². The van der Waals surface area contributed by atoms with Gasteiger partial charge in [-0.25, -0.2) is 0 Å². The molecule has 1 heterocycles. The van der Waals surface area contributed by atoms with Crippen molar-refractivity contribution in [3.63, 3.8) is 0 Å². The second kappa shape index (κ2) is 6.32. The number of nitrogens with one attached hydrogen (secondary N) is 1. The van der Waals surface area contributed by atoms with Gasteiger partial charge in [0.1, 0.15) is 5.60 Å². The quantitative estimate of drug-likeness (QED) is 0.637. The highest BCUT2D eigenvalue weighted by Gasteiger charge is 2.64. The monoisotopic (exact) mass is 403 g/mol. The summed E-state index contributed by atoms with van der Waals surface area (Å²) in [6.07, 6.45) is 9.07. The number of fused-ring (bicyclic) bond motifs is 6. The number of hydrogen-bond donors (Lipinski definition) is 2. The van der Waals surface area contributed by atoms with E-state index in [0.29, 0.717) is 35.4 Å². The van der Waals surface area contributed by atoms with Crippen LogP contribution in [0.25, 0.3) is 10.9 Å². The molecule has 0 aliphatic heterocycles. The second-order valence-corrected chi connectivity index (χ2v) is 11.0. The summed E-state index contributed by atoms with van der Waals surface area (Å²) in [5, 5.41) is 13.4. The van der Waals surface area contributed by atoms with Crippen LogP contribution in [0.2, 0.25) is 0 Å². The maximum absolute atomic E-state index is 12.2. The van der Waals surface area contributed by atoms with E-state index in [9.17, 15) is 9.90 Å². The fourth-order valence-electron chi connectivity index (χ4n) is 8.34. The van der Waals surface area contributed by atoms with E-state index in [1.165, 1.54) is 17.4 Å². The number of H-pyrrole nitrogens is 1. The molecule has 0 saturated heterocycles. The summed E-state index contributed by atoms with van der Waals surface area (Å²) in [6, 6.07) is 10.5. The van der Waals surface area contributed by atoms with E-state index in [1.54, 1.807) is 0 Å². The van der Waals surface area contributed by atoms with Gasteiger partial charge in [0.15, 0.2) is 5.78 Å². The molecule has 0 radical (unpaired) electrons. The number of carbonyl (C=O) groups excluding carboxylic acids is 1. The van der Waals surface area contributed by atoms with Crippen molar-refractivity contribution in [3.05, 3.63) is 47.7 Å². The summed E-state index contributed by atoms with van der Waals surface area (Å²) < 4.78 is 0.